The summed E-state index contributed by atoms with van der Waals surface area (Å²) in [5.41, 5.74) is 2.64. The molecule has 35 heavy (non-hydrogen) atoms. The fraction of sp³-hybridized carbons (Fsp3) is 0.240. The Hall–Kier alpha value is -2.96. The van der Waals surface area contributed by atoms with E-state index in [2.05, 4.69) is 20.3 Å². The highest BCUT2D eigenvalue weighted by Crippen LogP contribution is 2.37. The van der Waals surface area contributed by atoms with Crippen molar-refractivity contribution in [3.63, 3.8) is 0 Å². The SMILES string of the molecule is CC[C@@H](Nc1c(Cl)c(C)nc2cc(F)c(-c3ccc(P(C)(C)=O)nc3)nc12)c1cc(F)cc(F)c1. The number of anilines is 1. The average Bonchev–Trinajstić information content (AvgIpc) is 2.78. The maximum absolute atomic E-state index is 15.1. The van der Waals surface area contributed by atoms with Gasteiger partial charge in [0.2, 0.25) is 0 Å². The Balaban J connectivity index is 1.85. The van der Waals surface area contributed by atoms with Gasteiger partial charge in [0.1, 0.15) is 30.0 Å². The molecule has 1 atom stereocenters. The lowest BCUT2D eigenvalue weighted by atomic mass is 10.0. The molecule has 10 heteroatoms. The Kier molecular flexibility index (Phi) is 6.89. The van der Waals surface area contributed by atoms with Gasteiger partial charge >= 0.3 is 0 Å². The molecule has 0 unspecified atom stereocenters. The first-order valence-corrected chi connectivity index (χ1v) is 13.9. The molecule has 0 saturated carbocycles. The van der Waals surface area contributed by atoms with Crippen molar-refractivity contribution in [3.05, 3.63) is 76.3 Å². The number of benzene rings is 1. The minimum Gasteiger partial charge on any atom is -0.375 e. The van der Waals surface area contributed by atoms with Gasteiger partial charge in [-0.15, -0.1) is 0 Å². The molecule has 4 aromatic rings. The molecule has 0 fully saturated rings. The normalized spacial score (nSPS) is 12.7. The number of hydrogen-bond donors (Lipinski definition) is 1. The quantitative estimate of drug-likeness (QED) is 0.282. The van der Waals surface area contributed by atoms with Crippen LogP contribution in [-0.2, 0) is 4.57 Å². The van der Waals surface area contributed by atoms with E-state index in [-0.39, 0.29) is 16.2 Å². The number of pyridine rings is 3. The minimum absolute atomic E-state index is 0.0215. The maximum atomic E-state index is 15.1. The van der Waals surface area contributed by atoms with Crippen LogP contribution < -0.4 is 10.8 Å². The average molecular weight is 519 g/mol. The highest BCUT2D eigenvalue weighted by Gasteiger charge is 2.21. The summed E-state index contributed by atoms with van der Waals surface area (Å²) in [5.74, 6) is -1.99. The van der Waals surface area contributed by atoms with Gasteiger partial charge in [0.25, 0.3) is 0 Å². The first kappa shape index (κ1) is 25.1. The lowest BCUT2D eigenvalue weighted by Gasteiger charge is -2.22. The summed E-state index contributed by atoms with van der Waals surface area (Å²) >= 11 is 6.58. The molecule has 0 radical (unpaired) electrons. The number of aryl methyl sites for hydroxylation is 1. The van der Waals surface area contributed by atoms with E-state index in [9.17, 15) is 13.3 Å². The Labute approximate surface area is 206 Å². The van der Waals surface area contributed by atoms with Crippen LogP contribution in [0.15, 0.2) is 42.6 Å². The summed E-state index contributed by atoms with van der Waals surface area (Å²) < 4.78 is 55.1. The summed E-state index contributed by atoms with van der Waals surface area (Å²) in [7, 11) is -2.57. The molecule has 3 aromatic heterocycles. The number of nitrogens with zero attached hydrogens (tertiary/aromatic N) is 3. The van der Waals surface area contributed by atoms with Gasteiger partial charge in [-0.05, 0) is 56.5 Å². The number of nitrogens with one attached hydrogen (secondary N) is 1. The number of aromatic nitrogens is 3. The monoisotopic (exact) mass is 518 g/mol. The molecule has 0 amide bonds. The minimum atomic E-state index is -2.57. The van der Waals surface area contributed by atoms with Crippen LogP contribution in [0.4, 0.5) is 18.9 Å². The molecule has 0 aliphatic carbocycles. The molecule has 1 N–H and O–H groups in total. The van der Waals surface area contributed by atoms with Gasteiger partial charge in [-0.25, -0.2) is 23.1 Å². The molecule has 4 rings (SSSR count). The largest absolute Gasteiger partial charge is 0.375 e. The van der Waals surface area contributed by atoms with Gasteiger partial charge in [0, 0.05) is 23.9 Å². The second kappa shape index (κ2) is 9.59. The van der Waals surface area contributed by atoms with Gasteiger partial charge in [-0.2, -0.15) is 0 Å². The van der Waals surface area contributed by atoms with Crippen LogP contribution in [0.3, 0.4) is 0 Å². The molecule has 0 saturated heterocycles. The molecule has 0 spiro atoms. The highest BCUT2D eigenvalue weighted by molar-refractivity contribution is 7.69. The molecule has 0 bridgehead atoms. The zero-order chi connectivity index (χ0) is 25.5. The van der Waals surface area contributed by atoms with Crippen molar-refractivity contribution in [2.45, 2.75) is 26.3 Å². The predicted octanol–water partition coefficient (Wildman–Crippen LogP) is 6.88. The zero-order valence-electron chi connectivity index (χ0n) is 19.5. The summed E-state index contributed by atoms with van der Waals surface area (Å²) in [5, 5.41) is 3.50. The molecular formula is C25H23ClF3N4OP. The van der Waals surface area contributed by atoms with Crippen LogP contribution in [0.25, 0.3) is 22.3 Å². The van der Waals surface area contributed by atoms with E-state index in [1.807, 2.05) is 6.92 Å². The number of rotatable bonds is 6. The van der Waals surface area contributed by atoms with Crippen LogP contribution in [0, 0.1) is 24.4 Å². The van der Waals surface area contributed by atoms with Crippen LogP contribution in [0.5, 0.6) is 0 Å². The van der Waals surface area contributed by atoms with Crippen molar-refractivity contribution < 1.29 is 17.7 Å². The summed E-state index contributed by atoms with van der Waals surface area (Å²) in [6.45, 7) is 6.74. The molecule has 0 aliphatic heterocycles. The van der Waals surface area contributed by atoms with E-state index in [1.54, 1.807) is 32.4 Å². The van der Waals surface area contributed by atoms with E-state index < -0.39 is 30.6 Å². The fourth-order valence-corrected chi connectivity index (χ4v) is 4.77. The summed E-state index contributed by atoms with van der Waals surface area (Å²) in [6.07, 6.45) is 1.91. The molecule has 0 aliphatic rings. The van der Waals surface area contributed by atoms with E-state index >= 15 is 4.39 Å². The lowest BCUT2D eigenvalue weighted by molar-refractivity contribution is 0.574. The van der Waals surface area contributed by atoms with Crippen molar-refractivity contribution in [2.75, 3.05) is 18.6 Å². The lowest BCUT2D eigenvalue weighted by Crippen LogP contribution is -2.12. The standard InChI is InChI=1S/C25H23ClF3N4OP/c1-5-19(15-8-16(27)10-17(28)9-15)32-25-22(26)13(2)31-20-11-18(29)23(33-24(20)25)14-6-7-21(30-12-14)35(3,4)34/h6-12,19H,5H2,1-4H3,(H,31,32)/t19-/m1/s1. The third-order valence-corrected chi connectivity index (χ3v) is 7.44. The van der Waals surface area contributed by atoms with Crippen LogP contribution in [0.1, 0.15) is 30.6 Å². The third kappa shape index (κ3) is 5.19. The van der Waals surface area contributed by atoms with Crippen molar-refractivity contribution >= 4 is 40.9 Å². The molecule has 3 heterocycles. The Morgan fingerprint density at radius 1 is 1.06 bits per heavy atom. The second-order valence-corrected chi connectivity index (χ2v) is 12.2. The van der Waals surface area contributed by atoms with E-state index in [1.165, 1.54) is 24.4 Å². The van der Waals surface area contributed by atoms with E-state index in [4.69, 9.17) is 11.6 Å². The molecular weight excluding hydrogens is 496 g/mol. The number of fused-ring (bicyclic) bond motifs is 1. The van der Waals surface area contributed by atoms with E-state index in [0.717, 1.165) is 6.07 Å². The topological polar surface area (TPSA) is 67.8 Å². The zero-order valence-corrected chi connectivity index (χ0v) is 21.2. The third-order valence-electron chi connectivity index (χ3n) is 5.61. The van der Waals surface area contributed by atoms with Gasteiger partial charge in [0.05, 0.1) is 33.4 Å². The van der Waals surface area contributed by atoms with Crippen LogP contribution in [-0.4, -0.2) is 28.3 Å². The molecule has 182 valence electrons. The van der Waals surface area contributed by atoms with Crippen molar-refractivity contribution in [1.82, 2.24) is 15.0 Å². The van der Waals surface area contributed by atoms with Gasteiger partial charge in [-0.1, -0.05) is 18.5 Å². The Bertz CT molecular complexity index is 1450. The molecule has 5 nitrogen and oxygen atoms in total. The summed E-state index contributed by atoms with van der Waals surface area (Å²) in [6, 6.07) is 7.27. The second-order valence-electron chi connectivity index (χ2n) is 8.64. The van der Waals surface area contributed by atoms with Gasteiger partial charge in [0.15, 0.2) is 5.82 Å². The van der Waals surface area contributed by atoms with Crippen LogP contribution in [0.2, 0.25) is 5.02 Å². The van der Waals surface area contributed by atoms with Crippen molar-refractivity contribution in [2.24, 2.45) is 0 Å². The van der Waals surface area contributed by atoms with E-state index in [0.29, 0.717) is 39.9 Å². The fourth-order valence-electron chi connectivity index (χ4n) is 3.81. The van der Waals surface area contributed by atoms with Gasteiger partial charge < -0.3 is 9.88 Å². The van der Waals surface area contributed by atoms with Gasteiger partial charge in [-0.3, -0.25) is 4.98 Å². The van der Waals surface area contributed by atoms with Crippen LogP contribution >= 0.6 is 18.7 Å². The first-order chi connectivity index (χ1) is 16.5. The van der Waals surface area contributed by atoms with Crippen molar-refractivity contribution in [1.29, 1.82) is 0 Å². The predicted molar refractivity (Wildman–Crippen MR) is 135 cm³/mol. The Morgan fingerprint density at radius 3 is 2.31 bits per heavy atom. The number of halogens is 4. The Morgan fingerprint density at radius 2 is 1.74 bits per heavy atom. The van der Waals surface area contributed by atoms with Crippen molar-refractivity contribution in [3.8, 4) is 11.3 Å². The maximum Gasteiger partial charge on any atom is 0.151 e. The smallest absolute Gasteiger partial charge is 0.151 e. The first-order valence-electron chi connectivity index (χ1n) is 10.9. The number of hydrogen-bond acceptors (Lipinski definition) is 5. The summed E-state index contributed by atoms with van der Waals surface area (Å²) in [4.78, 5) is 13.1. The highest BCUT2D eigenvalue weighted by atomic mass is 35.5. The molecule has 1 aromatic carbocycles.